The van der Waals surface area contributed by atoms with Gasteiger partial charge in [-0.15, -0.1) is 4.72 Å². The largest absolute Gasteiger partial charge is 0.598 e. The molecule has 0 spiro atoms. The highest BCUT2D eigenvalue weighted by Gasteiger charge is 2.28. The monoisotopic (exact) mass is 278 g/mol. The van der Waals surface area contributed by atoms with Gasteiger partial charge in [0.25, 0.3) is 0 Å². The normalized spacial score (nSPS) is 15.7. The standard InChI is InChI=1S/C15H22N2OS/c1-11(16-19(18)15(2,3)4)12-7-6-8-14-13(12)9-10-17(14)5/h6-11,16H,1-5H3/t11-,19?/m0/s1. The molecule has 0 aliphatic carbocycles. The van der Waals surface area contributed by atoms with Crippen molar-refractivity contribution in [2.75, 3.05) is 0 Å². The first kappa shape index (κ1) is 14.4. The highest BCUT2D eigenvalue weighted by atomic mass is 32.2. The number of aromatic nitrogens is 1. The Morgan fingerprint density at radius 3 is 2.58 bits per heavy atom. The Morgan fingerprint density at radius 2 is 1.95 bits per heavy atom. The molecule has 2 aromatic rings. The van der Waals surface area contributed by atoms with Crippen LogP contribution in [0, 0.1) is 0 Å². The predicted molar refractivity (Wildman–Crippen MR) is 82.4 cm³/mol. The van der Waals surface area contributed by atoms with Crippen LogP contribution in [0.15, 0.2) is 30.5 Å². The Hall–Kier alpha value is -0.970. The SMILES string of the molecule is C[C@H](N[S+]([O-])C(C)(C)C)c1cccc2c1ccn2C. The van der Waals surface area contributed by atoms with Crippen molar-refractivity contribution in [3.63, 3.8) is 0 Å². The molecule has 0 saturated carbocycles. The van der Waals surface area contributed by atoms with Gasteiger partial charge in [0.1, 0.15) is 4.75 Å². The van der Waals surface area contributed by atoms with Crippen LogP contribution >= 0.6 is 0 Å². The van der Waals surface area contributed by atoms with Gasteiger partial charge >= 0.3 is 0 Å². The third-order valence-corrected chi connectivity index (χ3v) is 4.95. The summed E-state index contributed by atoms with van der Waals surface area (Å²) in [5, 5.41) is 1.22. The second-order valence-electron chi connectivity index (χ2n) is 5.93. The van der Waals surface area contributed by atoms with Crippen molar-refractivity contribution in [2.24, 2.45) is 7.05 Å². The quantitative estimate of drug-likeness (QED) is 0.875. The van der Waals surface area contributed by atoms with Crippen molar-refractivity contribution in [3.8, 4) is 0 Å². The number of benzene rings is 1. The molecule has 0 aliphatic rings. The Kier molecular flexibility index (Phi) is 3.95. The van der Waals surface area contributed by atoms with Crippen molar-refractivity contribution >= 4 is 22.3 Å². The van der Waals surface area contributed by atoms with Crippen LogP contribution < -0.4 is 4.72 Å². The number of hydrogen-bond acceptors (Lipinski definition) is 2. The van der Waals surface area contributed by atoms with Crippen molar-refractivity contribution in [2.45, 2.75) is 38.5 Å². The molecule has 1 N–H and O–H groups in total. The number of fused-ring (bicyclic) bond motifs is 1. The van der Waals surface area contributed by atoms with E-state index in [1.165, 1.54) is 16.5 Å². The Balaban J connectivity index is 2.29. The first-order chi connectivity index (χ1) is 8.80. The number of hydrogen-bond donors (Lipinski definition) is 1. The molecule has 2 rings (SSSR count). The number of aryl methyl sites for hydroxylation is 1. The molecule has 19 heavy (non-hydrogen) atoms. The molecule has 4 heteroatoms. The van der Waals surface area contributed by atoms with E-state index in [-0.39, 0.29) is 10.8 Å². The molecule has 2 atom stereocenters. The Bertz CT molecular complexity index is 571. The van der Waals surface area contributed by atoms with E-state index in [1.54, 1.807) is 0 Å². The summed E-state index contributed by atoms with van der Waals surface area (Å²) < 4.78 is 17.2. The fourth-order valence-electron chi connectivity index (χ4n) is 2.10. The summed E-state index contributed by atoms with van der Waals surface area (Å²) >= 11 is -1.06. The minimum atomic E-state index is -1.06. The maximum atomic E-state index is 12.2. The third kappa shape index (κ3) is 2.96. The lowest BCUT2D eigenvalue weighted by atomic mass is 10.0. The highest BCUT2D eigenvalue weighted by molar-refractivity contribution is 7.90. The van der Waals surface area contributed by atoms with Crippen molar-refractivity contribution in [1.29, 1.82) is 0 Å². The molecule has 1 unspecified atom stereocenters. The lowest BCUT2D eigenvalue weighted by molar-refractivity contribution is 0.532. The van der Waals surface area contributed by atoms with Crippen molar-refractivity contribution < 1.29 is 4.55 Å². The molecule has 0 radical (unpaired) electrons. The number of nitrogens with zero attached hydrogens (tertiary/aromatic N) is 1. The molecule has 0 saturated heterocycles. The van der Waals surface area contributed by atoms with Gasteiger partial charge in [-0.3, -0.25) is 0 Å². The van der Waals surface area contributed by atoms with Crippen molar-refractivity contribution in [1.82, 2.24) is 9.29 Å². The zero-order valence-electron chi connectivity index (χ0n) is 12.2. The summed E-state index contributed by atoms with van der Waals surface area (Å²) in [6, 6.07) is 8.43. The fourth-order valence-corrected chi connectivity index (χ4v) is 2.91. The van der Waals surface area contributed by atoms with Gasteiger partial charge < -0.3 is 9.12 Å². The molecule has 1 heterocycles. The predicted octanol–water partition coefficient (Wildman–Crippen LogP) is 3.29. The summed E-state index contributed by atoms with van der Waals surface area (Å²) in [6.45, 7) is 8.00. The molecular formula is C15H22N2OS. The second-order valence-corrected chi connectivity index (χ2v) is 7.93. The number of rotatable bonds is 3. The van der Waals surface area contributed by atoms with Crippen LogP contribution in [0.4, 0.5) is 0 Å². The molecule has 0 aliphatic heterocycles. The van der Waals surface area contributed by atoms with Gasteiger partial charge in [-0.1, -0.05) is 12.1 Å². The van der Waals surface area contributed by atoms with E-state index in [9.17, 15) is 4.55 Å². The van der Waals surface area contributed by atoms with Crippen LogP contribution in [0.2, 0.25) is 0 Å². The van der Waals surface area contributed by atoms with E-state index < -0.39 is 11.4 Å². The lowest BCUT2D eigenvalue weighted by Crippen LogP contribution is -2.40. The first-order valence-electron chi connectivity index (χ1n) is 6.52. The van der Waals surface area contributed by atoms with Gasteiger partial charge in [-0.2, -0.15) is 0 Å². The number of nitrogens with one attached hydrogen (secondary N) is 1. The zero-order chi connectivity index (χ0) is 14.2. The van der Waals surface area contributed by atoms with Gasteiger partial charge in [0.05, 0.1) is 6.04 Å². The maximum absolute atomic E-state index is 12.2. The van der Waals surface area contributed by atoms with Gasteiger partial charge in [0, 0.05) is 35.5 Å². The summed E-state index contributed by atoms with van der Waals surface area (Å²) in [6.07, 6.45) is 2.06. The molecule has 0 amide bonds. The average molecular weight is 278 g/mol. The van der Waals surface area contributed by atoms with E-state index >= 15 is 0 Å². The van der Waals surface area contributed by atoms with Crippen LogP contribution in [-0.2, 0) is 18.4 Å². The fraction of sp³-hybridized carbons (Fsp3) is 0.467. The lowest BCUT2D eigenvalue weighted by Gasteiger charge is -2.26. The summed E-state index contributed by atoms with van der Waals surface area (Å²) in [4.78, 5) is 0. The maximum Gasteiger partial charge on any atom is 0.136 e. The van der Waals surface area contributed by atoms with Crippen LogP contribution in [0.1, 0.15) is 39.3 Å². The molecule has 1 aromatic carbocycles. The molecular weight excluding hydrogens is 256 g/mol. The summed E-state index contributed by atoms with van der Waals surface area (Å²) in [5.74, 6) is 0. The van der Waals surface area contributed by atoms with E-state index in [2.05, 4.69) is 46.7 Å². The van der Waals surface area contributed by atoms with Crippen LogP contribution in [0.25, 0.3) is 10.9 Å². The minimum Gasteiger partial charge on any atom is -0.598 e. The molecule has 3 nitrogen and oxygen atoms in total. The Morgan fingerprint density at radius 1 is 1.26 bits per heavy atom. The topological polar surface area (TPSA) is 40.0 Å². The first-order valence-corrected chi connectivity index (χ1v) is 7.67. The van der Waals surface area contributed by atoms with Crippen LogP contribution in [0.5, 0.6) is 0 Å². The van der Waals surface area contributed by atoms with E-state index in [0.717, 1.165) is 0 Å². The van der Waals surface area contributed by atoms with Crippen LogP contribution in [0.3, 0.4) is 0 Å². The molecule has 0 bridgehead atoms. The van der Waals surface area contributed by atoms with E-state index in [4.69, 9.17) is 0 Å². The average Bonchev–Trinajstić information content (AvgIpc) is 2.70. The highest BCUT2D eigenvalue weighted by Crippen LogP contribution is 2.26. The van der Waals surface area contributed by atoms with Gasteiger partial charge in [-0.05, 0) is 45.4 Å². The van der Waals surface area contributed by atoms with Gasteiger partial charge in [0.15, 0.2) is 0 Å². The summed E-state index contributed by atoms with van der Waals surface area (Å²) in [7, 11) is 2.04. The van der Waals surface area contributed by atoms with E-state index in [0.29, 0.717) is 0 Å². The van der Waals surface area contributed by atoms with E-state index in [1.807, 2.05) is 27.8 Å². The van der Waals surface area contributed by atoms with Gasteiger partial charge in [0.2, 0.25) is 0 Å². The molecule has 104 valence electrons. The van der Waals surface area contributed by atoms with Gasteiger partial charge in [-0.25, -0.2) is 0 Å². The Labute approximate surface area is 118 Å². The minimum absolute atomic E-state index is 0.0613. The zero-order valence-corrected chi connectivity index (χ0v) is 13.0. The summed E-state index contributed by atoms with van der Waals surface area (Å²) in [5.41, 5.74) is 2.39. The molecule has 1 aromatic heterocycles. The van der Waals surface area contributed by atoms with Crippen LogP contribution in [-0.4, -0.2) is 13.9 Å². The third-order valence-electron chi connectivity index (χ3n) is 3.27. The van der Waals surface area contributed by atoms with Crippen molar-refractivity contribution in [3.05, 3.63) is 36.0 Å². The second kappa shape index (κ2) is 5.19. The molecule has 0 fully saturated rings. The smallest absolute Gasteiger partial charge is 0.136 e.